The second-order valence-corrected chi connectivity index (χ2v) is 11.0. The quantitative estimate of drug-likeness (QED) is 0.0442. The van der Waals surface area contributed by atoms with Crippen LogP contribution >= 0.6 is 11.6 Å². The topological polar surface area (TPSA) is 186 Å². The number of aromatic amines is 1. The van der Waals surface area contributed by atoms with Crippen LogP contribution < -0.4 is 0 Å². The van der Waals surface area contributed by atoms with Crippen LogP contribution in [0.25, 0.3) is 22.5 Å². The van der Waals surface area contributed by atoms with Crippen LogP contribution in [0.4, 0.5) is 4.79 Å². The highest BCUT2D eigenvalue weighted by Gasteiger charge is 2.26. The minimum absolute atomic E-state index is 0.0163. The number of rotatable bonds is 17. The molecule has 0 fully saturated rings. The Morgan fingerprint density at radius 2 is 1.79 bits per heavy atom. The van der Waals surface area contributed by atoms with Crippen molar-refractivity contribution in [3.63, 3.8) is 0 Å². The van der Waals surface area contributed by atoms with Crippen molar-refractivity contribution in [2.75, 3.05) is 6.61 Å². The fourth-order valence-electron chi connectivity index (χ4n) is 4.83. The van der Waals surface area contributed by atoms with Crippen molar-refractivity contribution in [1.82, 2.24) is 30.2 Å². The Morgan fingerprint density at radius 1 is 1.04 bits per heavy atom. The van der Waals surface area contributed by atoms with E-state index in [1.807, 2.05) is 48.5 Å². The fraction of sp³-hybridized carbons (Fsp3) is 0.419. The van der Waals surface area contributed by atoms with Gasteiger partial charge in [-0.05, 0) is 59.7 Å². The molecule has 0 saturated heterocycles. The number of aromatic nitrogens is 6. The van der Waals surface area contributed by atoms with Crippen LogP contribution in [0.3, 0.4) is 0 Å². The summed E-state index contributed by atoms with van der Waals surface area (Å²) in [6.45, 7) is 5.33. The van der Waals surface area contributed by atoms with E-state index in [-0.39, 0.29) is 17.5 Å². The standard InChI is InChI=1S/C31H36ClN7O8/c1-4-5-13-26-33-28(32)27(30(40)45-21(3)46-31(41)44-18-9-8-10-20(2)47-39(42)43)38(26)19-22-14-16-23(17-15-22)24-11-6-7-12-25(24)29-34-36-37-35-29/h6-7,11-12,14-17,20-21H,4-5,8-10,13,18-19H2,1-3H3,(H,34,35,36,37). The lowest BCUT2D eigenvalue weighted by Gasteiger charge is -2.16. The highest BCUT2D eigenvalue weighted by Crippen LogP contribution is 2.30. The third-order valence-corrected chi connectivity index (χ3v) is 7.37. The molecule has 0 radical (unpaired) electrons. The van der Waals surface area contributed by atoms with E-state index in [0.717, 1.165) is 35.1 Å². The minimum atomic E-state index is -1.28. The van der Waals surface area contributed by atoms with Gasteiger partial charge in [0.1, 0.15) is 11.9 Å². The Balaban J connectivity index is 1.40. The van der Waals surface area contributed by atoms with E-state index >= 15 is 0 Å². The maximum atomic E-state index is 13.3. The van der Waals surface area contributed by atoms with E-state index in [1.165, 1.54) is 6.92 Å². The van der Waals surface area contributed by atoms with Crippen molar-refractivity contribution < 1.29 is 33.7 Å². The molecule has 250 valence electrons. The zero-order valence-corrected chi connectivity index (χ0v) is 27.0. The summed E-state index contributed by atoms with van der Waals surface area (Å²) in [4.78, 5) is 44.7. The van der Waals surface area contributed by atoms with Crippen LogP contribution in [-0.4, -0.2) is 66.4 Å². The molecule has 0 amide bonds. The number of imidazole rings is 1. The van der Waals surface area contributed by atoms with Crippen molar-refractivity contribution in [2.24, 2.45) is 0 Å². The fourth-order valence-corrected chi connectivity index (χ4v) is 5.11. The molecule has 0 saturated carbocycles. The SMILES string of the molecule is CCCCc1nc(Cl)c(C(=O)OC(C)OC(=O)OCCCCC(C)O[N+](=O)[O-])n1Cc1ccc(-c2ccccc2-c2nnn[nH]2)cc1. The maximum absolute atomic E-state index is 13.3. The van der Waals surface area contributed by atoms with Crippen molar-refractivity contribution in [3.8, 4) is 22.5 Å². The predicted octanol–water partition coefficient (Wildman–Crippen LogP) is 6.20. The second kappa shape index (κ2) is 17.0. The number of H-pyrrole nitrogens is 1. The molecule has 2 unspecified atom stereocenters. The molecular formula is C31H36ClN7O8. The van der Waals surface area contributed by atoms with Gasteiger partial charge in [0.05, 0.1) is 6.61 Å². The number of nitrogens with zero attached hydrogens (tertiary/aromatic N) is 6. The summed E-state index contributed by atoms with van der Waals surface area (Å²) < 4.78 is 17.2. The number of aryl methyl sites for hydroxylation is 1. The molecule has 4 rings (SSSR count). The monoisotopic (exact) mass is 669 g/mol. The van der Waals surface area contributed by atoms with Crippen molar-refractivity contribution in [1.29, 1.82) is 0 Å². The summed E-state index contributed by atoms with van der Waals surface area (Å²) >= 11 is 6.47. The van der Waals surface area contributed by atoms with E-state index in [0.29, 0.717) is 43.9 Å². The molecule has 15 nitrogen and oxygen atoms in total. The second-order valence-electron chi connectivity index (χ2n) is 10.7. The van der Waals surface area contributed by atoms with Crippen LogP contribution in [0.5, 0.6) is 0 Å². The Hall–Kier alpha value is -5.05. The van der Waals surface area contributed by atoms with Crippen molar-refractivity contribution in [3.05, 3.63) is 80.9 Å². The molecular weight excluding hydrogens is 634 g/mol. The number of unbranched alkanes of at least 4 members (excludes halogenated alkanes) is 2. The lowest BCUT2D eigenvalue weighted by Crippen LogP contribution is -2.24. The van der Waals surface area contributed by atoms with Gasteiger partial charge in [-0.1, -0.05) is 73.5 Å². The first-order chi connectivity index (χ1) is 22.7. The molecule has 4 aromatic rings. The number of carbonyl (C=O) groups is 2. The molecule has 47 heavy (non-hydrogen) atoms. The molecule has 2 heterocycles. The number of esters is 1. The number of hydrogen-bond donors (Lipinski definition) is 1. The van der Waals surface area contributed by atoms with Crippen LogP contribution in [-0.2, 0) is 32.0 Å². The Morgan fingerprint density at radius 3 is 2.47 bits per heavy atom. The summed E-state index contributed by atoms with van der Waals surface area (Å²) in [6.07, 6.45) is 0.869. The number of hydrogen-bond acceptors (Lipinski definition) is 12. The normalized spacial score (nSPS) is 12.3. The first-order valence-electron chi connectivity index (χ1n) is 15.2. The van der Waals surface area contributed by atoms with Crippen molar-refractivity contribution >= 4 is 23.7 Å². The third-order valence-electron chi connectivity index (χ3n) is 7.11. The molecule has 0 bridgehead atoms. The molecule has 0 aliphatic rings. The number of carbonyl (C=O) groups excluding carboxylic acids is 2. The maximum Gasteiger partial charge on any atom is 0.511 e. The first kappa shape index (κ1) is 34.8. The first-order valence-corrected chi connectivity index (χ1v) is 15.6. The summed E-state index contributed by atoms with van der Waals surface area (Å²) in [5.41, 5.74) is 3.68. The average molecular weight is 670 g/mol. The number of ether oxygens (including phenoxy) is 3. The molecule has 2 aromatic carbocycles. The number of halogens is 1. The zero-order valence-electron chi connectivity index (χ0n) is 26.3. The van der Waals surface area contributed by atoms with Crippen LogP contribution in [0.15, 0.2) is 48.5 Å². The molecule has 2 atom stereocenters. The average Bonchev–Trinajstić information content (AvgIpc) is 3.68. The molecule has 16 heteroatoms. The van der Waals surface area contributed by atoms with E-state index in [9.17, 15) is 19.7 Å². The van der Waals surface area contributed by atoms with Gasteiger partial charge >= 0.3 is 12.1 Å². The van der Waals surface area contributed by atoms with Gasteiger partial charge in [0.15, 0.2) is 16.7 Å². The molecule has 0 spiro atoms. The van der Waals surface area contributed by atoms with E-state index in [2.05, 4.69) is 37.4 Å². The summed E-state index contributed by atoms with van der Waals surface area (Å²) in [7, 11) is 0. The van der Waals surface area contributed by atoms with Gasteiger partial charge in [-0.25, -0.2) is 19.7 Å². The number of benzene rings is 2. The van der Waals surface area contributed by atoms with E-state index in [1.54, 1.807) is 11.5 Å². The van der Waals surface area contributed by atoms with Gasteiger partial charge in [-0.3, -0.25) is 0 Å². The lowest BCUT2D eigenvalue weighted by molar-refractivity contribution is -0.767. The smallest absolute Gasteiger partial charge is 0.434 e. The van der Waals surface area contributed by atoms with Crippen LogP contribution in [0.2, 0.25) is 5.15 Å². The molecule has 2 aromatic heterocycles. The largest absolute Gasteiger partial charge is 0.511 e. The number of nitrogens with one attached hydrogen (secondary N) is 1. The van der Waals surface area contributed by atoms with E-state index in [4.69, 9.17) is 25.8 Å². The predicted molar refractivity (Wildman–Crippen MR) is 169 cm³/mol. The third kappa shape index (κ3) is 9.97. The summed E-state index contributed by atoms with van der Waals surface area (Å²) in [5.74, 6) is 0.374. The van der Waals surface area contributed by atoms with Crippen LogP contribution in [0, 0.1) is 10.1 Å². The Bertz CT molecular complexity index is 1630. The Labute approximate surface area is 275 Å². The molecule has 0 aliphatic carbocycles. The summed E-state index contributed by atoms with van der Waals surface area (Å²) in [6, 6.07) is 15.6. The molecule has 1 N–H and O–H groups in total. The Kier molecular flexibility index (Phi) is 12.6. The van der Waals surface area contributed by atoms with Gasteiger partial charge in [0.2, 0.25) is 6.29 Å². The van der Waals surface area contributed by atoms with Gasteiger partial charge in [0, 0.05) is 25.5 Å². The van der Waals surface area contributed by atoms with Gasteiger partial charge in [0.25, 0.3) is 5.09 Å². The number of tetrazole rings is 1. The highest BCUT2D eigenvalue weighted by atomic mass is 35.5. The highest BCUT2D eigenvalue weighted by molar-refractivity contribution is 6.32. The van der Waals surface area contributed by atoms with Gasteiger partial charge < -0.3 is 23.6 Å². The summed E-state index contributed by atoms with van der Waals surface area (Å²) in [5, 5.41) is 23.7. The molecule has 0 aliphatic heterocycles. The van der Waals surface area contributed by atoms with Crippen molar-refractivity contribution in [2.45, 2.75) is 78.2 Å². The lowest BCUT2D eigenvalue weighted by atomic mass is 9.98. The van der Waals surface area contributed by atoms with Gasteiger partial charge in [-0.15, -0.1) is 15.2 Å². The zero-order chi connectivity index (χ0) is 33.8. The van der Waals surface area contributed by atoms with Gasteiger partial charge in [-0.2, -0.15) is 0 Å². The minimum Gasteiger partial charge on any atom is -0.434 e. The van der Waals surface area contributed by atoms with Crippen LogP contribution in [0.1, 0.15) is 74.8 Å². The van der Waals surface area contributed by atoms with E-state index < -0.39 is 29.6 Å².